The summed E-state index contributed by atoms with van der Waals surface area (Å²) in [6.07, 6.45) is 4.78. The number of hydrogen-bond acceptors (Lipinski definition) is 2. The van der Waals surface area contributed by atoms with Crippen LogP contribution in [-0.4, -0.2) is 22.4 Å². The van der Waals surface area contributed by atoms with Crippen LogP contribution in [0.15, 0.2) is 0 Å². The van der Waals surface area contributed by atoms with Gasteiger partial charge >= 0.3 is 0 Å². The fourth-order valence-electron chi connectivity index (χ4n) is 2.28. The largest absolute Gasteiger partial charge is 0.315 e. The Hall–Kier alpha value is -0.830. The van der Waals surface area contributed by atoms with E-state index in [2.05, 4.69) is 49.7 Å². The molecule has 0 fully saturated rings. The molecule has 0 bridgehead atoms. The topological polar surface area (TPSA) is 29.9 Å². The maximum Gasteiger partial charge on any atom is 0.0628 e. The van der Waals surface area contributed by atoms with Gasteiger partial charge in [0.25, 0.3) is 0 Å². The summed E-state index contributed by atoms with van der Waals surface area (Å²) in [6.45, 7) is 13.1. The van der Waals surface area contributed by atoms with Crippen LogP contribution in [0.3, 0.4) is 0 Å². The quantitative estimate of drug-likeness (QED) is 0.719. The summed E-state index contributed by atoms with van der Waals surface area (Å²) in [4.78, 5) is 0. The molecule has 0 amide bonds. The number of unbranched alkanes of at least 4 members (excludes halogenated alkanes) is 1. The molecule has 0 saturated heterocycles. The molecule has 0 aliphatic rings. The van der Waals surface area contributed by atoms with Crippen LogP contribution >= 0.6 is 0 Å². The van der Waals surface area contributed by atoms with Crippen LogP contribution in [-0.2, 0) is 13.0 Å². The Labute approximate surface area is 112 Å². The monoisotopic (exact) mass is 251 g/mol. The third-order valence-electron chi connectivity index (χ3n) is 3.41. The van der Waals surface area contributed by atoms with E-state index in [1.54, 1.807) is 0 Å². The molecule has 1 heterocycles. The first kappa shape index (κ1) is 15.2. The molecule has 1 N–H and O–H groups in total. The van der Waals surface area contributed by atoms with E-state index in [9.17, 15) is 0 Å². The number of nitrogens with zero attached hydrogens (tertiary/aromatic N) is 2. The van der Waals surface area contributed by atoms with Gasteiger partial charge in [0.05, 0.1) is 5.69 Å². The molecule has 1 aromatic heterocycles. The van der Waals surface area contributed by atoms with Crippen molar-refractivity contribution in [3.05, 3.63) is 17.0 Å². The number of hydrogen-bond donors (Lipinski definition) is 1. The SMILES string of the molecule is CCCCn1nc(C)c(CCCNC(C)C)c1C. The number of aromatic nitrogens is 2. The van der Waals surface area contributed by atoms with Gasteiger partial charge in [-0.2, -0.15) is 5.10 Å². The number of aryl methyl sites for hydroxylation is 2. The molecule has 3 heteroatoms. The van der Waals surface area contributed by atoms with Crippen LogP contribution in [0.5, 0.6) is 0 Å². The normalized spacial score (nSPS) is 11.4. The van der Waals surface area contributed by atoms with E-state index in [4.69, 9.17) is 0 Å². The van der Waals surface area contributed by atoms with E-state index in [1.165, 1.54) is 36.2 Å². The fourth-order valence-corrected chi connectivity index (χ4v) is 2.28. The second kappa shape index (κ2) is 7.57. The molecule has 0 atom stereocenters. The summed E-state index contributed by atoms with van der Waals surface area (Å²) in [5.74, 6) is 0. The molecule has 0 aromatic carbocycles. The molecule has 3 nitrogen and oxygen atoms in total. The average molecular weight is 251 g/mol. The molecular weight excluding hydrogens is 222 g/mol. The van der Waals surface area contributed by atoms with Crippen LogP contribution in [0.4, 0.5) is 0 Å². The van der Waals surface area contributed by atoms with Crippen LogP contribution in [0.2, 0.25) is 0 Å². The van der Waals surface area contributed by atoms with Gasteiger partial charge in [-0.25, -0.2) is 0 Å². The van der Waals surface area contributed by atoms with Gasteiger partial charge in [0.2, 0.25) is 0 Å². The minimum Gasteiger partial charge on any atom is -0.315 e. The third kappa shape index (κ3) is 4.45. The maximum absolute atomic E-state index is 4.66. The maximum atomic E-state index is 4.66. The lowest BCUT2D eigenvalue weighted by Gasteiger charge is -2.08. The Bertz CT molecular complexity index is 353. The van der Waals surface area contributed by atoms with Crippen molar-refractivity contribution in [3.8, 4) is 0 Å². The van der Waals surface area contributed by atoms with Crippen molar-refractivity contribution in [2.45, 2.75) is 72.9 Å². The van der Waals surface area contributed by atoms with Crippen molar-refractivity contribution in [1.29, 1.82) is 0 Å². The van der Waals surface area contributed by atoms with Crippen molar-refractivity contribution in [1.82, 2.24) is 15.1 Å². The lowest BCUT2D eigenvalue weighted by Crippen LogP contribution is -2.24. The summed E-state index contributed by atoms with van der Waals surface area (Å²) >= 11 is 0. The molecule has 0 radical (unpaired) electrons. The molecule has 1 rings (SSSR count). The standard InChI is InChI=1S/C15H29N3/c1-6-7-11-18-14(5)15(13(4)17-18)9-8-10-16-12(2)3/h12,16H,6-11H2,1-5H3. The fraction of sp³-hybridized carbons (Fsp3) is 0.800. The molecule has 0 unspecified atom stereocenters. The molecular formula is C15H29N3. The molecule has 0 saturated carbocycles. The molecule has 1 aromatic rings. The lowest BCUT2D eigenvalue weighted by atomic mass is 10.1. The second-order valence-electron chi connectivity index (χ2n) is 5.44. The van der Waals surface area contributed by atoms with E-state index < -0.39 is 0 Å². The second-order valence-corrected chi connectivity index (χ2v) is 5.44. The van der Waals surface area contributed by atoms with Crippen molar-refractivity contribution < 1.29 is 0 Å². The molecule has 104 valence electrons. The number of nitrogens with one attached hydrogen (secondary N) is 1. The predicted molar refractivity (Wildman–Crippen MR) is 78.1 cm³/mol. The lowest BCUT2D eigenvalue weighted by molar-refractivity contribution is 0.553. The van der Waals surface area contributed by atoms with Crippen LogP contribution < -0.4 is 5.32 Å². The Morgan fingerprint density at radius 3 is 2.56 bits per heavy atom. The van der Waals surface area contributed by atoms with Gasteiger partial charge in [-0.3, -0.25) is 4.68 Å². The van der Waals surface area contributed by atoms with Crippen molar-refractivity contribution >= 4 is 0 Å². The summed E-state index contributed by atoms with van der Waals surface area (Å²) in [5, 5.41) is 8.13. The van der Waals surface area contributed by atoms with E-state index in [0.717, 1.165) is 19.5 Å². The summed E-state index contributed by atoms with van der Waals surface area (Å²) < 4.78 is 2.18. The zero-order chi connectivity index (χ0) is 13.5. The zero-order valence-corrected chi connectivity index (χ0v) is 12.7. The summed E-state index contributed by atoms with van der Waals surface area (Å²) in [5.41, 5.74) is 4.04. The third-order valence-corrected chi connectivity index (χ3v) is 3.41. The Balaban J connectivity index is 2.51. The highest BCUT2D eigenvalue weighted by molar-refractivity contribution is 5.24. The minimum absolute atomic E-state index is 0.583. The first-order valence-electron chi connectivity index (χ1n) is 7.32. The minimum atomic E-state index is 0.583. The molecule has 0 spiro atoms. The van der Waals surface area contributed by atoms with Gasteiger partial charge in [0.1, 0.15) is 0 Å². The van der Waals surface area contributed by atoms with Gasteiger partial charge < -0.3 is 5.32 Å². The van der Waals surface area contributed by atoms with E-state index >= 15 is 0 Å². The van der Waals surface area contributed by atoms with Gasteiger partial charge in [-0.1, -0.05) is 27.2 Å². The van der Waals surface area contributed by atoms with Gasteiger partial charge in [-0.05, 0) is 45.2 Å². The molecule has 0 aliphatic heterocycles. The van der Waals surface area contributed by atoms with Crippen LogP contribution in [0.1, 0.15) is 57.0 Å². The highest BCUT2D eigenvalue weighted by Gasteiger charge is 2.10. The first-order valence-corrected chi connectivity index (χ1v) is 7.32. The van der Waals surface area contributed by atoms with Crippen LogP contribution in [0, 0.1) is 13.8 Å². The van der Waals surface area contributed by atoms with Crippen molar-refractivity contribution in [2.24, 2.45) is 0 Å². The highest BCUT2D eigenvalue weighted by atomic mass is 15.3. The van der Waals surface area contributed by atoms with Crippen LogP contribution in [0.25, 0.3) is 0 Å². The van der Waals surface area contributed by atoms with Gasteiger partial charge in [0.15, 0.2) is 0 Å². The Morgan fingerprint density at radius 2 is 1.94 bits per heavy atom. The number of rotatable bonds is 8. The van der Waals surface area contributed by atoms with Crippen molar-refractivity contribution in [3.63, 3.8) is 0 Å². The van der Waals surface area contributed by atoms with Crippen molar-refractivity contribution in [2.75, 3.05) is 6.54 Å². The zero-order valence-electron chi connectivity index (χ0n) is 12.7. The van der Waals surface area contributed by atoms with Gasteiger partial charge in [0, 0.05) is 18.3 Å². The summed E-state index contributed by atoms with van der Waals surface area (Å²) in [7, 11) is 0. The highest BCUT2D eigenvalue weighted by Crippen LogP contribution is 2.15. The van der Waals surface area contributed by atoms with Gasteiger partial charge in [-0.15, -0.1) is 0 Å². The Morgan fingerprint density at radius 1 is 1.22 bits per heavy atom. The molecule has 18 heavy (non-hydrogen) atoms. The predicted octanol–water partition coefficient (Wildman–Crippen LogP) is 3.23. The molecule has 0 aliphatic carbocycles. The summed E-state index contributed by atoms with van der Waals surface area (Å²) in [6, 6.07) is 0.583. The average Bonchev–Trinajstić information content (AvgIpc) is 2.58. The first-order chi connectivity index (χ1) is 8.56. The van der Waals surface area contributed by atoms with E-state index in [1.807, 2.05) is 0 Å². The van der Waals surface area contributed by atoms with E-state index in [0.29, 0.717) is 6.04 Å². The smallest absolute Gasteiger partial charge is 0.0628 e. The Kier molecular flexibility index (Phi) is 6.41. The van der Waals surface area contributed by atoms with E-state index in [-0.39, 0.29) is 0 Å².